The van der Waals surface area contributed by atoms with Crippen molar-refractivity contribution in [2.75, 3.05) is 5.32 Å². The van der Waals surface area contributed by atoms with Crippen molar-refractivity contribution in [1.82, 2.24) is 0 Å². The van der Waals surface area contributed by atoms with Crippen LogP contribution in [0.25, 0.3) is 0 Å². The topological polar surface area (TPSA) is 56.0 Å². The van der Waals surface area contributed by atoms with Crippen LogP contribution in [0.1, 0.15) is 30.5 Å². The summed E-state index contributed by atoms with van der Waals surface area (Å²) in [7, 11) is 0. The molecular formula is C17H19BrN2O. The van der Waals surface area contributed by atoms with E-state index in [9.17, 15) is 0 Å². The fourth-order valence-electron chi connectivity index (χ4n) is 1.72. The Morgan fingerprint density at radius 1 is 1.10 bits per heavy atom. The lowest BCUT2D eigenvalue weighted by atomic mass is 10.1. The summed E-state index contributed by atoms with van der Waals surface area (Å²) in [6.45, 7) is 4.73. The minimum Gasteiger partial charge on any atom is -0.392 e. The van der Waals surface area contributed by atoms with E-state index in [1.54, 1.807) is 6.07 Å². The van der Waals surface area contributed by atoms with Gasteiger partial charge in [-0.25, -0.2) is 0 Å². The quantitative estimate of drug-likeness (QED) is 0.859. The second-order valence-electron chi connectivity index (χ2n) is 4.17. The van der Waals surface area contributed by atoms with Crippen LogP contribution in [-0.4, -0.2) is 5.11 Å². The standard InChI is InChI=1S/C15H13BrN2O.C2H6/c16-14-5-13(8-17)6-15(7-14)18-9-11-1-3-12(10-19)4-2-11;1-2/h1-7,18-19H,9-10H2;1-2H3. The van der Waals surface area contributed by atoms with Crippen LogP contribution in [0.4, 0.5) is 5.69 Å². The molecule has 0 spiro atoms. The molecule has 110 valence electrons. The van der Waals surface area contributed by atoms with Crippen molar-refractivity contribution in [1.29, 1.82) is 5.26 Å². The van der Waals surface area contributed by atoms with Gasteiger partial charge >= 0.3 is 0 Å². The molecule has 0 atom stereocenters. The molecule has 0 aliphatic carbocycles. The number of aliphatic hydroxyl groups is 1. The number of rotatable bonds is 4. The third-order valence-corrected chi connectivity index (χ3v) is 3.19. The summed E-state index contributed by atoms with van der Waals surface area (Å²) < 4.78 is 0.879. The third kappa shape index (κ3) is 5.58. The molecule has 0 radical (unpaired) electrons. The fourth-order valence-corrected chi connectivity index (χ4v) is 2.22. The van der Waals surface area contributed by atoms with E-state index in [1.807, 2.05) is 50.2 Å². The largest absolute Gasteiger partial charge is 0.392 e. The van der Waals surface area contributed by atoms with Crippen LogP contribution in [0.2, 0.25) is 0 Å². The summed E-state index contributed by atoms with van der Waals surface area (Å²) in [5, 5.41) is 21.2. The van der Waals surface area contributed by atoms with Crippen molar-refractivity contribution in [3.05, 3.63) is 63.6 Å². The zero-order valence-electron chi connectivity index (χ0n) is 12.2. The van der Waals surface area contributed by atoms with Crippen LogP contribution in [0.15, 0.2) is 46.9 Å². The Labute approximate surface area is 134 Å². The van der Waals surface area contributed by atoms with Crippen LogP contribution < -0.4 is 5.32 Å². The van der Waals surface area contributed by atoms with Crippen molar-refractivity contribution < 1.29 is 5.11 Å². The number of nitrogens with one attached hydrogen (secondary N) is 1. The minimum atomic E-state index is 0.0604. The Hall–Kier alpha value is -1.83. The molecule has 0 bridgehead atoms. The maximum Gasteiger partial charge on any atom is 0.0992 e. The molecule has 3 nitrogen and oxygen atoms in total. The van der Waals surface area contributed by atoms with E-state index < -0.39 is 0 Å². The smallest absolute Gasteiger partial charge is 0.0992 e. The van der Waals surface area contributed by atoms with Crippen molar-refractivity contribution in [3.63, 3.8) is 0 Å². The molecule has 0 aliphatic rings. The maximum absolute atomic E-state index is 8.97. The molecule has 4 heteroatoms. The first-order chi connectivity index (χ1) is 10.2. The number of aliphatic hydroxyl groups excluding tert-OH is 1. The van der Waals surface area contributed by atoms with Crippen molar-refractivity contribution in [3.8, 4) is 6.07 Å². The molecule has 0 fully saturated rings. The number of benzene rings is 2. The van der Waals surface area contributed by atoms with Crippen molar-refractivity contribution in [2.45, 2.75) is 27.0 Å². The third-order valence-electron chi connectivity index (χ3n) is 2.73. The highest BCUT2D eigenvalue weighted by Gasteiger charge is 1.99. The Morgan fingerprint density at radius 3 is 2.29 bits per heavy atom. The van der Waals surface area contributed by atoms with E-state index >= 15 is 0 Å². The number of nitriles is 1. The molecule has 0 unspecified atom stereocenters. The second kappa shape index (κ2) is 9.17. The number of halogens is 1. The molecule has 2 N–H and O–H groups in total. The van der Waals surface area contributed by atoms with Crippen LogP contribution in [0.3, 0.4) is 0 Å². The van der Waals surface area contributed by atoms with E-state index in [1.165, 1.54) is 0 Å². The van der Waals surface area contributed by atoms with Crippen LogP contribution in [-0.2, 0) is 13.2 Å². The van der Waals surface area contributed by atoms with Gasteiger partial charge in [0, 0.05) is 16.7 Å². The number of nitrogens with zero attached hydrogens (tertiary/aromatic N) is 1. The lowest BCUT2D eigenvalue weighted by Gasteiger charge is -2.08. The molecule has 0 heterocycles. The van der Waals surface area contributed by atoms with E-state index in [-0.39, 0.29) is 6.61 Å². The molecule has 0 amide bonds. The lowest BCUT2D eigenvalue weighted by Crippen LogP contribution is -2.00. The Bertz CT molecular complexity index is 603. The van der Waals surface area contributed by atoms with Gasteiger partial charge in [-0.1, -0.05) is 54.0 Å². The van der Waals surface area contributed by atoms with Gasteiger partial charge in [0.25, 0.3) is 0 Å². The van der Waals surface area contributed by atoms with E-state index in [0.29, 0.717) is 12.1 Å². The summed E-state index contributed by atoms with van der Waals surface area (Å²) in [5.74, 6) is 0. The van der Waals surface area contributed by atoms with Crippen LogP contribution >= 0.6 is 15.9 Å². The van der Waals surface area contributed by atoms with Gasteiger partial charge in [-0.15, -0.1) is 0 Å². The second-order valence-corrected chi connectivity index (χ2v) is 5.08. The van der Waals surface area contributed by atoms with E-state index in [2.05, 4.69) is 27.3 Å². The Kier molecular flexibility index (Phi) is 7.52. The molecule has 0 saturated heterocycles. The van der Waals surface area contributed by atoms with Gasteiger partial charge in [0.1, 0.15) is 0 Å². The number of anilines is 1. The Balaban J connectivity index is 0.00000106. The molecule has 0 aliphatic heterocycles. The molecule has 0 aromatic heterocycles. The molecule has 21 heavy (non-hydrogen) atoms. The van der Waals surface area contributed by atoms with Crippen molar-refractivity contribution >= 4 is 21.6 Å². The predicted octanol–water partition coefficient (Wildman–Crippen LogP) is 4.45. The van der Waals surface area contributed by atoms with Gasteiger partial charge in [0.2, 0.25) is 0 Å². The fraction of sp³-hybridized carbons (Fsp3) is 0.235. The summed E-state index contributed by atoms with van der Waals surface area (Å²) >= 11 is 3.38. The minimum absolute atomic E-state index is 0.0604. The summed E-state index contributed by atoms with van der Waals surface area (Å²) in [4.78, 5) is 0. The summed E-state index contributed by atoms with van der Waals surface area (Å²) in [6, 6.07) is 15.4. The van der Waals surface area contributed by atoms with Gasteiger partial charge in [-0.2, -0.15) is 5.26 Å². The summed E-state index contributed by atoms with van der Waals surface area (Å²) in [6.07, 6.45) is 0. The number of hydrogen-bond donors (Lipinski definition) is 2. The van der Waals surface area contributed by atoms with E-state index in [0.717, 1.165) is 21.3 Å². The highest BCUT2D eigenvalue weighted by molar-refractivity contribution is 9.10. The van der Waals surface area contributed by atoms with Gasteiger partial charge in [0.15, 0.2) is 0 Å². The van der Waals surface area contributed by atoms with Crippen LogP contribution in [0.5, 0.6) is 0 Å². The Morgan fingerprint density at radius 2 is 1.71 bits per heavy atom. The van der Waals surface area contributed by atoms with Gasteiger partial charge < -0.3 is 10.4 Å². The van der Waals surface area contributed by atoms with Gasteiger partial charge in [-0.3, -0.25) is 0 Å². The highest BCUT2D eigenvalue weighted by atomic mass is 79.9. The first-order valence-electron chi connectivity index (χ1n) is 6.84. The molecular weight excluding hydrogens is 328 g/mol. The molecule has 2 aromatic rings. The highest BCUT2D eigenvalue weighted by Crippen LogP contribution is 2.19. The van der Waals surface area contributed by atoms with Crippen molar-refractivity contribution in [2.24, 2.45) is 0 Å². The monoisotopic (exact) mass is 346 g/mol. The molecule has 2 aromatic carbocycles. The zero-order chi connectivity index (χ0) is 15.7. The zero-order valence-corrected chi connectivity index (χ0v) is 13.8. The molecule has 0 saturated carbocycles. The average Bonchev–Trinajstić information content (AvgIpc) is 2.54. The first-order valence-corrected chi connectivity index (χ1v) is 7.64. The summed E-state index contributed by atoms with van der Waals surface area (Å²) in [5.41, 5.74) is 3.54. The normalized spacial score (nSPS) is 9.29. The van der Waals surface area contributed by atoms with E-state index in [4.69, 9.17) is 10.4 Å². The van der Waals surface area contributed by atoms with Gasteiger partial charge in [0.05, 0.1) is 18.2 Å². The number of hydrogen-bond acceptors (Lipinski definition) is 3. The average molecular weight is 347 g/mol. The SMILES string of the molecule is CC.N#Cc1cc(Br)cc(NCc2ccc(CO)cc2)c1. The first kappa shape index (κ1) is 17.2. The maximum atomic E-state index is 8.97. The molecule has 2 rings (SSSR count). The van der Waals surface area contributed by atoms with Gasteiger partial charge in [-0.05, 0) is 29.3 Å². The predicted molar refractivity (Wildman–Crippen MR) is 89.9 cm³/mol. The lowest BCUT2D eigenvalue weighted by molar-refractivity contribution is 0.282. The van der Waals surface area contributed by atoms with Crippen LogP contribution in [0, 0.1) is 11.3 Å².